The first-order chi connectivity index (χ1) is 10.0. The molecule has 1 fully saturated rings. The molecule has 114 valence electrons. The number of methoxy groups -OCH3 is 2. The number of ether oxygens (including phenoxy) is 2. The third-order valence-corrected chi connectivity index (χ3v) is 3.72. The Hall–Kier alpha value is -1.73. The van der Waals surface area contributed by atoms with Gasteiger partial charge in [-0.2, -0.15) is 0 Å². The van der Waals surface area contributed by atoms with Crippen molar-refractivity contribution in [1.29, 1.82) is 0 Å². The summed E-state index contributed by atoms with van der Waals surface area (Å²) in [5.74, 6) is -0.272. The molecule has 7 heteroatoms. The van der Waals surface area contributed by atoms with Gasteiger partial charge in [0.2, 0.25) is 0 Å². The van der Waals surface area contributed by atoms with Crippen molar-refractivity contribution >= 4 is 13.1 Å². The number of rotatable bonds is 3. The van der Waals surface area contributed by atoms with E-state index in [4.69, 9.17) is 9.39 Å². The molecule has 1 aromatic rings. The maximum Gasteiger partial charge on any atom is 0.526 e. The standard InChI is InChI=1S/C11H11BO5.C3H8O/c1-16-8-3-2-5-6-4-7(6)12(15)17-10(5)9(8)11(13)14;1-3-4-2/h2-3,6-7,15H,4H2,1H3,(H,13,14);3H2,1-2H3. The number of hydrogen-bond acceptors (Lipinski definition) is 5. The lowest BCUT2D eigenvalue weighted by atomic mass is 9.77. The third kappa shape index (κ3) is 2.98. The second kappa shape index (κ2) is 6.36. The molecule has 0 aromatic heterocycles. The van der Waals surface area contributed by atoms with E-state index in [1.54, 1.807) is 13.2 Å². The largest absolute Gasteiger partial charge is 0.535 e. The monoisotopic (exact) mass is 294 g/mol. The van der Waals surface area contributed by atoms with Gasteiger partial charge in [0.25, 0.3) is 0 Å². The maximum atomic E-state index is 11.2. The van der Waals surface area contributed by atoms with Gasteiger partial charge >= 0.3 is 13.1 Å². The highest BCUT2D eigenvalue weighted by Gasteiger charge is 2.54. The normalized spacial score (nSPS) is 21.2. The first-order valence-electron chi connectivity index (χ1n) is 6.82. The first kappa shape index (κ1) is 15.7. The summed E-state index contributed by atoms with van der Waals surface area (Å²) >= 11 is 0. The molecule has 2 aliphatic rings. The van der Waals surface area contributed by atoms with Gasteiger partial charge in [0, 0.05) is 19.5 Å². The summed E-state index contributed by atoms with van der Waals surface area (Å²) in [4.78, 5) is 11.2. The molecule has 2 N–H and O–H groups in total. The fraction of sp³-hybridized carbons (Fsp3) is 0.500. The van der Waals surface area contributed by atoms with Crippen LogP contribution in [0.3, 0.4) is 0 Å². The third-order valence-electron chi connectivity index (χ3n) is 3.72. The van der Waals surface area contributed by atoms with Crippen molar-refractivity contribution in [2.75, 3.05) is 20.8 Å². The first-order valence-corrected chi connectivity index (χ1v) is 6.82. The molecule has 1 saturated carbocycles. The molecule has 6 nitrogen and oxygen atoms in total. The Morgan fingerprint density at radius 1 is 1.48 bits per heavy atom. The van der Waals surface area contributed by atoms with E-state index in [1.807, 2.05) is 13.0 Å². The minimum absolute atomic E-state index is 0.00519. The van der Waals surface area contributed by atoms with E-state index in [-0.39, 0.29) is 28.8 Å². The average Bonchev–Trinajstić information content (AvgIpc) is 3.27. The van der Waals surface area contributed by atoms with Gasteiger partial charge in [0.1, 0.15) is 17.1 Å². The summed E-state index contributed by atoms with van der Waals surface area (Å²) in [6.07, 6.45) is 0.847. The molecule has 2 unspecified atom stereocenters. The molecule has 2 atom stereocenters. The Morgan fingerprint density at radius 2 is 2.14 bits per heavy atom. The second-order valence-corrected chi connectivity index (χ2v) is 4.96. The number of fused-ring (bicyclic) bond motifs is 3. The van der Waals surface area contributed by atoms with Crippen LogP contribution >= 0.6 is 0 Å². The lowest BCUT2D eigenvalue weighted by Crippen LogP contribution is -2.27. The number of carboxylic acids is 1. The van der Waals surface area contributed by atoms with Crippen molar-refractivity contribution in [2.24, 2.45) is 0 Å². The second-order valence-electron chi connectivity index (χ2n) is 4.96. The fourth-order valence-electron chi connectivity index (χ4n) is 2.47. The maximum absolute atomic E-state index is 11.2. The smallest absolute Gasteiger partial charge is 0.526 e. The Morgan fingerprint density at radius 3 is 2.67 bits per heavy atom. The van der Waals surface area contributed by atoms with Gasteiger partial charge in [-0.05, 0) is 30.9 Å². The quantitative estimate of drug-likeness (QED) is 0.826. The van der Waals surface area contributed by atoms with E-state index >= 15 is 0 Å². The van der Waals surface area contributed by atoms with E-state index < -0.39 is 13.1 Å². The molecule has 3 rings (SSSR count). The highest BCUT2D eigenvalue weighted by Crippen LogP contribution is 2.60. The van der Waals surface area contributed by atoms with E-state index in [2.05, 4.69) is 4.74 Å². The van der Waals surface area contributed by atoms with E-state index in [0.717, 1.165) is 18.6 Å². The molecule has 0 radical (unpaired) electrons. The number of aromatic carboxylic acids is 1. The van der Waals surface area contributed by atoms with E-state index in [0.29, 0.717) is 0 Å². The fourth-order valence-corrected chi connectivity index (χ4v) is 2.47. The average molecular weight is 294 g/mol. The van der Waals surface area contributed by atoms with Gasteiger partial charge in [-0.15, -0.1) is 0 Å². The van der Waals surface area contributed by atoms with Gasteiger partial charge in [0.05, 0.1) is 7.11 Å². The van der Waals surface area contributed by atoms with Crippen LogP contribution < -0.4 is 9.39 Å². The number of hydrogen-bond donors (Lipinski definition) is 2. The Balaban J connectivity index is 0.000000361. The summed E-state index contributed by atoms with van der Waals surface area (Å²) in [6.45, 7) is 2.78. The zero-order valence-corrected chi connectivity index (χ0v) is 12.3. The predicted octanol–water partition coefficient (Wildman–Crippen LogP) is 1.78. The van der Waals surface area contributed by atoms with Crippen LogP contribution in [-0.2, 0) is 4.74 Å². The van der Waals surface area contributed by atoms with Crippen LogP contribution in [0.1, 0.15) is 35.2 Å². The minimum atomic E-state index is -1.11. The van der Waals surface area contributed by atoms with E-state index in [9.17, 15) is 14.9 Å². The summed E-state index contributed by atoms with van der Waals surface area (Å²) in [7, 11) is 2.19. The number of benzene rings is 1. The molecule has 1 heterocycles. The van der Waals surface area contributed by atoms with Crippen LogP contribution in [0.25, 0.3) is 0 Å². The Kier molecular flexibility index (Phi) is 4.75. The van der Waals surface area contributed by atoms with Crippen LogP contribution in [0.2, 0.25) is 5.82 Å². The number of carbonyl (C=O) groups is 1. The summed E-state index contributed by atoms with van der Waals surface area (Å²) in [5, 5.41) is 18.9. The molecule has 21 heavy (non-hydrogen) atoms. The molecular weight excluding hydrogens is 275 g/mol. The van der Waals surface area contributed by atoms with Crippen molar-refractivity contribution in [3.63, 3.8) is 0 Å². The molecule has 1 aliphatic heterocycles. The van der Waals surface area contributed by atoms with Crippen LogP contribution in [0.5, 0.6) is 11.5 Å². The highest BCUT2D eigenvalue weighted by atomic mass is 16.5. The summed E-state index contributed by atoms with van der Waals surface area (Å²) < 4.78 is 14.9. The minimum Gasteiger partial charge on any atom is -0.535 e. The Bertz CT molecular complexity index is 530. The van der Waals surface area contributed by atoms with Crippen molar-refractivity contribution in [1.82, 2.24) is 0 Å². The van der Waals surface area contributed by atoms with Crippen molar-refractivity contribution in [3.05, 3.63) is 23.3 Å². The van der Waals surface area contributed by atoms with Crippen LogP contribution in [0, 0.1) is 0 Å². The summed E-state index contributed by atoms with van der Waals surface area (Å²) in [5.41, 5.74) is 0.855. The summed E-state index contributed by atoms with van der Waals surface area (Å²) in [6, 6.07) is 3.45. The molecule has 1 aromatic carbocycles. The van der Waals surface area contributed by atoms with Crippen molar-refractivity contribution < 1.29 is 29.1 Å². The lowest BCUT2D eigenvalue weighted by Gasteiger charge is -2.22. The van der Waals surface area contributed by atoms with Gasteiger partial charge in [-0.25, -0.2) is 4.79 Å². The van der Waals surface area contributed by atoms with Gasteiger partial charge in [0.15, 0.2) is 0 Å². The van der Waals surface area contributed by atoms with Gasteiger partial charge in [-0.3, -0.25) is 0 Å². The van der Waals surface area contributed by atoms with E-state index in [1.165, 1.54) is 7.11 Å². The van der Waals surface area contributed by atoms with Crippen LogP contribution in [0.15, 0.2) is 12.1 Å². The highest BCUT2D eigenvalue weighted by molar-refractivity contribution is 6.48. The Labute approximate surface area is 123 Å². The van der Waals surface area contributed by atoms with Crippen LogP contribution in [-0.4, -0.2) is 44.0 Å². The molecule has 0 bridgehead atoms. The molecule has 0 spiro atoms. The van der Waals surface area contributed by atoms with Crippen molar-refractivity contribution in [2.45, 2.75) is 25.1 Å². The van der Waals surface area contributed by atoms with Crippen LogP contribution in [0.4, 0.5) is 0 Å². The topological polar surface area (TPSA) is 85.2 Å². The number of carboxylic acid groups (broad SMARTS) is 1. The van der Waals surface area contributed by atoms with Gasteiger partial charge in [-0.1, -0.05) is 6.07 Å². The molecule has 1 aliphatic carbocycles. The zero-order chi connectivity index (χ0) is 15.6. The molecular formula is C14H19BO6. The molecule has 0 saturated heterocycles. The predicted molar refractivity (Wildman–Crippen MR) is 77.2 cm³/mol. The molecule has 0 amide bonds. The van der Waals surface area contributed by atoms with Gasteiger partial charge < -0.3 is 24.3 Å². The zero-order valence-electron chi connectivity index (χ0n) is 12.3. The SMILES string of the molecule is CCOC.COc1ccc2c(c1C(=O)O)OB(O)C1CC21. The lowest BCUT2D eigenvalue weighted by molar-refractivity contribution is 0.0690. The van der Waals surface area contributed by atoms with Crippen molar-refractivity contribution in [3.8, 4) is 11.5 Å².